The fourth-order valence-corrected chi connectivity index (χ4v) is 6.71. The number of fused-ring (bicyclic) bond motifs is 1. The van der Waals surface area contributed by atoms with Crippen molar-refractivity contribution in [2.75, 3.05) is 13.2 Å². The Labute approximate surface area is 272 Å². The molecule has 1 atom stereocenters. The van der Waals surface area contributed by atoms with E-state index in [0.29, 0.717) is 19.8 Å². The summed E-state index contributed by atoms with van der Waals surface area (Å²) in [6, 6.07) is 49.0. The highest BCUT2D eigenvalue weighted by atomic mass is 16.5. The number of carbonyl (C=O) groups excluding carboxylic acids is 1. The lowest BCUT2D eigenvalue weighted by Gasteiger charge is -2.48. The highest BCUT2D eigenvalue weighted by Gasteiger charge is 2.46. The molecule has 4 nitrogen and oxygen atoms in total. The summed E-state index contributed by atoms with van der Waals surface area (Å²) in [4.78, 5) is 14.7. The monoisotopic (exact) mass is 605 g/mol. The maximum Gasteiger partial charge on any atom is 0.317 e. The fraction of sp³-hybridized carbons (Fsp3) is 0.214. The molecule has 0 fully saturated rings. The molecule has 6 rings (SSSR count). The van der Waals surface area contributed by atoms with E-state index >= 15 is 0 Å². The third-order valence-electron chi connectivity index (χ3n) is 8.70. The molecule has 1 aliphatic rings. The lowest BCUT2D eigenvalue weighted by molar-refractivity contribution is -0.141. The molecule has 5 aromatic carbocycles. The van der Waals surface area contributed by atoms with Crippen LogP contribution in [0.5, 0.6) is 5.75 Å². The van der Waals surface area contributed by atoms with Crippen LogP contribution in [0.25, 0.3) is 0 Å². The minimum Gasteiger partial charge on any atom is -0.489 e. The number of hydrogen-bond acceptors (Lipinski definition) is 4. The summed E-state index contributed by atoms with van der Waals surface area (Å²) in [5.74, 6) is 7.11. The van der Waals surface area contributed by atoms with E-state index in [-0.39, 0.29) is 18.4 Å². The molecule has 0 N–H and O–H groups in total. The number of carbonyl (C=O) groups is 1. The van der Waals surface area contributed by atoms with Crippen LogP contribution >= 0.6 is 0 Å². The van der Waals surface area contributed by atoms with Crippen LogP contribution in [0.1, 0.15) is 59.2 Å². The SMILES string of the molecule is CCOC(=O)CC#CCN(C1CCc2cc(OCc3ccccc3)ccc21)C(c1ccccc1)(c1ccccc1)c1ccccc1. The molecule has 0 amide bonds. The van der Waals surface area contributed by atoms with E-state index in [9.17, 15) is 4.79 Å². The van der Waals surface area contributed by atoms with E-state index in [1.54, 1.807) is 0 Å². The van der Waals surface area contributed by atoms with Crippen molar-refractivity contribution in [1.82, 2.24) is 4.90 Å². The predicted octanol–water partition coefficient (Wildman–Crippen LogP) is 8.50. The first-order valence-electron chi connectivity index (χ1n) is 16.0. The molecule has 5 aromatic rings. The molecular weight excluding hydrogens is 566 g/mol. The van der Waals surface area contributed by atoms with Crippen LogP contribution in [0.4, 0.5) is 0 Å². The van der Waals surface area contributed by atoms with Gasteiger partial charge in [0.05, 0.1) is 18.7 Å². The predicted molar refractivity (Wildman–Crippen MR) is 183 cm³/mol. The molecule has 0 aromatic heterocycles. The van der Waals surface area contributed by atoms with E-state index in [1.165, 1.54) is 11.1 Å². The molecule has 0 saturated carbocycles. The van der Waals surface area contributed by atoms with Gasteiger partial charge in [-0.2, -0.15) is 0 Å². The van der Waals surface area contributed by atoms with Crippen LogP contribution in [-0.4, -0.2) is 24.0 Å². The summed E-state index contributed by atoms with van der Waals surface area (Å²) in [7, 11) is 0. The Morgan fingerprint density at radius 2 is 1.33 bits per heavy atom. The number of nitrogens with zero attached hydrogens (tertiary/aromatic N) is 1. The summed E-state index contributed by atoms with van der Waals surface area (Å²) in [6.07, 6.45) is 1.94. The highest BCUT2D eigenvalue weighted by Crippen LogP contribution is 2.49. The first-order valence-corrected chi connectivity index (χ1v) is 16.0. The summed E-state index contributed by atoms with van der Waals surface area (Å²) < 4.78 is 11.4. The van der Waals surface area contributed by atoms with Gasteiger partial charge in [0.2, 0.25) is 0 Å². The van der Waals surface area contributed by atoms with Gasteiger partial charge in [-0.3, -0.25) is 9.69 Å². The second kappa shape index (κ2) is 14.8. The van der Waals surface area contributed by atoms with Gasteiger partial charge in [0.1, 0.15) is 18.8 Å². The van der Waals surface area contributed by atoms with Crippen molar-refractivity contribution >= 4 is 5.97 Å². The van der Waals surface area contributed by atoms with E-state index < -0.39 is 5.54 Å². The van der Waals surface area contributed by atoms with Crippen molar-refractivity contribution in [2.45, 2.75) is 44.4 Å². The number of esters is 1. The number of hydrogen-bond donors (Lipinski definition) is 0. The third-order valence-corrected chi connectivity index (χ3v) is 8.70. The minimum atomic E-state index is -0.656. The molecule has 0 radical (unpaired) electrons. The van der Waals surface area contributed by atoms with Crippen LogP contribution in [0.2, 0.25) is 0 Å². The van der Waals surface area contributed by atoms with Gasteiger partial charge in [-0.15, -0.1) is 0 Å². The second-order valence-electron chi connectivity index (χ2n) is 11.5. The molecule has 4 heteroatoms. The number of aryl methyl sites for hydroxylation is 1. The smallest absolute Gasteiger partial charge is 0.317 e. The van der Waals surface area contributed by atoms with Crippen molar-refractivity contribution in [3.63, 3.8) is 0 Å². The van der Waals surface area contributed by atoms with E-state index in [1.807, 2.05) is 25.1 Å². The first kappa shape index (κ1) is 30.9. The van der Waals surface area contributed by atoms with Crippen LogP contribution in [-0.2, 0) is 28.1 Å². The third kappa shape index (κ3) is 6.61. The lowest BCUT2D eigenvalue weighted by Crippen LogP contribution is -2.49. The average Bonchev–Trinajstić information content (AvgIpc) is 3.53. The van der Waals surface area contributed by atoms with Crippen molar-refractivity contribution in [3.05, 3.63) is 173 Å². The Kier molecular flexibility index (Phi) is 9.93. The minimum absolute atomic E-state index is 0.0654. The van der Waals surface area contributed by atoms with Crippen LogP contribution < -0.4 is 4.74 Å². The van der Waals surface area contributed by atoms with Gasteiger partial charge in [-0.25, -0.2) is 0 Å². The molecule has 0 spiro atoms. The Hall–Kier alpha value is -5.11. The molecule has 0 heterocycles. The van der Waals surface area contributed by atoms with Crippen LogP contribution in [0, 0.1) is 11.8 Å². The molecule has 1 aliphatic carbocycles. The number of ether oxygens (including phenoxy) is 2. The Morgan fingerprint density at radius 3 is 1.89 bits per heavy atom. The molecule has 1 unspecified atom stereocenters. The topological polar surface area (TPSA) is 38.8 Å². The second-order valence-corrected chi connectivity index (χ2v) is 11.5. The molecule has 0 aliphatic heterocycles. The largest absolute Gasteiger partial charge is 0.489 e. The van der Waals surface area contributed by atoms with Gasteiger partial charge < -0.3 is 9.47 Å². The Balaban J connectivity index is 1.46. The summed E-state index contributed by atoms with van der Waals surface area (Å²) in [6.45, 7) is 3.15. The van der Waals surface area contributed by atoms with Gasteiger partial charge in [-0.05, 0) is 65.3 Å². The van der Waals surface area contributed by atoms with Crippen molar-refractivity contribution in [3.8, 4) is 17.6 Å². The summed E-state index contributed by atoms with van der Waals surface area (Å²) >= 11 is 0. The lowest BCUT2D eigenvalue weighted by atomic mass is 9.74. The average molecular weight is 606 g/mol. The van der Waals surface area contributed by atoms with Crippen LogP contribution in [0.3, 0.4) is 0 Å². The van der Waals surface area contributed by atoms with Gasteiger partial charge in [0.25, 0.3) is 0 Å². The molecular formula is C42H39NO3. The Bertz CT molecular complexity index is 1680. The maximum atomic E-state index is 12.2. The quantitative estimate of drug-likeness (QED) is 0.0860. The van der Waals surface area contributed by atoms with Crippen molar-refractivity contribution in [2.24, 2.45) is 0 Å². The number of rotatable bonds is 11. The molecule has 230 valence electrons. The normalized spacial score (nSPS) is 13.8. The van der Waals surface area contributed by atoms with E-state index in [0.717, 1.165) is 40.8 Å². The van der Waals surface area contributed by atoms with Crippen molar-refractivity contribution in [1.29, 1.82) is 0 Å². The molecule has 0 bridgehead atoms. The molecule has 0 saturated heterocycles. The standard InChI is InChI=1S/C42H39NO3/c1-2-45-41(44)25-15-16-30-43(40-29-26-34-31-38(27-28-39(34)40)46-32-33-17-7-3-8-18-33)42(35-19-9-4-10-20-35,36-21-11-5-12-22-36)37-23-13-6-14-24-37/h3-14,17-24,27-28,31,40H,2,25-26,29-30,32H2,1H3. The van der Waals surface area contributed by atoms with Gasteiger partial charge >= 0.3 is 5.97 Å². The molecule has 46 heavy (non-hydrogen) atoms. The van der Waals surface area contributed by atoms with Gasteiger partial charge in [0, 0.05) is 6.04 Å². The van der Waals surface area contributed by atoms with Gasteiger partial charge in [-0.1, -0.05) is 139 Å². The van der Waals surface area contributed by atoms with Gasteiger partial charge in [0.15, 0.2) is 0 Å². The Morgan fingerprint density at radius 1 is 0.761 bits per heavy atom. The first-order chi connectivity index (χ1) is 22.7. The zero-order chi connectivity index (χ0) is 31.6. The highest BCUT2D eigenvalue weighted by molar-refractivity contribution is 5.72. The van der Waals surface area contributed by atoms with Crippen molar-refractivity contribution < 1.29 is 14.3 Å². The van der Waals surface area contributed by atoms with E-state index in [2.05, 4.69) is 138 Å². The fourth-order valence-electron chi connectivity index (χ4n) is 6.71. The summed E-state index contributed by atoms with van der Waals surface area (Å²) in [5, 5.41) is 0. The zero-order valence-corrected chi connectivity index (χ0v) is 26.3. The van der Waals surface area contributed by atoms with E-state index in [4.69, 9.17) is 9.47 Å². The summed E-state index contributed by atoms with van der Waals surface area (Å²) in [5.41, 5.74) is 6.56. The zero-order valence-electron chi connectivity index (χ0n) is 26.3. The van der Waals surface area contributed by atoms with Crippen LogP contribution in [0.15, 0.2) is 140 Å². The maximum absolute atomic E-state index is 12.2. The number of benzene rings is 5.